The third kappa shape index (κ3) is 1.67. The molecule has 0 amide bonds. The predicted molar refractivity (Wildman–Crippen MR) is 66.7 cm³/mol. The van der Waals surface area contributed by atoms with Gasteiger partial charge in [0, 0.05) is 4.47 Å². The standard InChI is InChI=1S/C13H15BrO2/c1-9-5-4-6-10(11(9)14)13(12(15)16)7-2-3-8-13/h4-6H,2-3,7-8H2,1H3,(H,15,16). The van der Waals surface area contributed by atoms with Gasteiger partial charge in [-0.25, -0.2) is 0 Å². The summed E-state index contributed by atoms with van der Waals surface area (Å²) < 4.78 is 0.958. The Balaban J connectivity index is 2.56. The molecule has 0 heterocycles. The maximum Gasteiger partial charge on any atom is 0.314 e. The van der Waals surface area contributed by atoms with Gasteiger partial charge in [0.25, 0.3) is 0 Å². The van der Waals surface area contributed by atoms with Crippen LogP contribution in [0.2, 0.25) is 0 Å². The molecule has 86 valence electrons. The molecule has 0 radical (unpaired) electrons. The first kappa shape index (κ1) is 11.6. The molecule has 1 aliphatic carbocycles. The zero-order valence-electron chi connectivity index (χ0n) is 9.29. The largest absolute Gasteiger partial charge is 0.481 e. The number of carbonyl (C=O) groups is 1. The van der Waals surface area contributed by atoms with Crippen LogP contribution in [0.15, 0.2) is 22.7 Å². The molecular weight excluding hydrogens is 268 g/mol. The highest BCUT2D eigenvalue weighted by molar-refractivity contribution is 9.10. The first-order valence-electron chi connectivity index (χ1n) is 5.57. The Kier molecular flexibility index (Phi) is 3.06. The molecule has 0 atom stereocenters. The average molecular weight is 283 g/mol. The molecule has 2 nitrogen and oxygen atoms in total. The van der Waals surface area contributed by atoms with Crippen molar-refractivity contribution in [2.24, 2.45) is 0 Å². The van der Waals surface area contributed by atoms with Gasteiger partial charge in [0.15, 0.2) is 0 Å². The summed E-state index contributed by atoms with van der Waals surface area (Å²) in [6, 6.07) is 5.88. The Morgan fingerprint density at radius 3 is 2.56 bits per heavy atom. The summed E-state index contributed by atoms with van der Waals surface area (Å²) >= 11 is 3.53. The van der Waals surface area contributed by atoms with E-state index in [-0.39, 0.29) is 0 Å². The van der Waals surface area contributed by atoms with Crippen LogP contribution in [0.3, 0.4) is 0 Å². The van der Waals surface area contributed by atoms with E-state index < -0.39 is 11.4 Å². The van der Waals surface area contributed by atoms with Gasteiger partial charge in [-0.2, -0.15) is 0 Å². The number of hydrogen-bond acceptors (Lipinski definition) is 1. The first-order chi connectivity index (χ1) is 7.58. The van der Waals surface area contributed by atoms with Crippen LogP contribution in [0.25, 0.3) is 0 Å². The molecule has 1 saturated carbocycles. The second kappa shape index (κ2) is 4.21. The lowest BCUT2D eigenvalue weighted by Gasteiger charge is -2.26. The van der Waals surface area contributed by atoms with E-state index in [9.17, 15) is 9.90 Å². The van der Waals surface area contributed by atoms with Crippen LogP contribution in [0.4, 0.5) is 0 Å². The van der Waals surface area contributed by atoms with Crippen LogP contribution < -0.4 is 0 Å². The Labute approximate surface area is 104 Å². The molecule has 1 aromatic rings. The number of halogens is 1. The van der Waals surface area contributed by atoms with Crippen molar-refractivity contribution in [3.05, 3.63) is 33.8 Å². The maximum absolute atomic E-state index is 11.6. The monoisotopic (exact) mass is 282 g/mol. The van der Waals surface area contributed by atoms with E-state index in [1.165, 1.54) is 0 Å². The lowest BCUT2D eigenvalue weighted by Crippen LogP contribution is -2.33. The van der Waals surface area contributed by atoms with Crippen LogP contribution in [0.1, 0.15) is 36.8 Å². The van der Waals surface area contributed by atoms with Crippen LogP contribution in [-0.4, -0.2) is 11.1 Å². The number of carboxylic acid groups (broad SMARTS) is 1. The summed E-state index contributed by atoms with van der Waals surface area (Å²) in [5.74, 6) is -0.684. The zero-order chi connectivity index (χ0) is 11.8. The van der Waals surface area contributed by atoms with E-state index in [4.69, 9.17) is 0 Å². The van der Waals surface area contributed by atoms with E-state index in [1.807, 2.05) is 25.1 Å². The number of benzene rings is 1. The van der Waals surface area contributed by atoms with Crippen molar-refractivity contribution >= 4 is 21.9 Å². The lowest BCUT2D eigenvalue weighted by molar-refractivity contribution is -0.143. The molecule has 0 bridgehead atoms. The number of carboxylic acids is 1. The van der Waals surface area contributed by atoms with Crippen LogP contribution >= 0.6 is 15.9 Å². The summed E-state index contributed by atoms with van der Waals surface area (Å²) in [6.07, 6.45) is 3.52. The quantitative estimate of drug-likeness (QED) is 0.899. The van der Waals surface area contributed by atoms with Gasteiger partial charge in [0.2, 0.25) is 0 Å². The summed E-state index contributed by atoms with van der Waals surface area (Å²) in [6.45, 7) is 2.00. The zero-order valence-corrected chi connectivity index (χ0v) is 10.9. The lowest BCUT2D eigenvalue weighted by atomic mass is 9.78. The van der Waals surface area contributed by atoms with Gasteiger partial charge in [-0.1, -0.05) is 47.0 Å². The smallest absolute Gasteiger partial charge is 0.314 e. The molecule has 2 rings (SSSR count). The van der Waals surface area contributed by atoms with Gasteiger partial charge in [-0.3, -0.25) is 4.79 Å². The van der Waals surface area contributed by atoms with E-state index >= 15 is 0 Å². The SMILES string of the molecule is Cc1cccc(C2(C(=O)O)CCCC2)c1Br. The van der Waals surface area contributed by atoms with Crippen molar-refractivity contribution in [2.75, 3.05) is 0 Å². The molecule has 1 aromatic carbocycles. The highest BCUT2D eigenvalue weighted by atomic mass is 79.9. The highest BCUT2D eigenvalue weighted by Gasteiger charge is 2.44. The topological polar surface area (TPSA) is 37.3 Å². The molecule has 0 spiro atoms. The fourth-order valence-electron chi connectivity index (χ4n) is 2.59. The number of aryl methyl sites for hydroxylation is 1. The van der Waals surface area contributed by atoms with Crippen LogP contribution in [-0.2, 0) is 10.2 Å². The van der Waals surface area contributed by atoms with E-state index in [1.54, 1.807) is 0 Å². The molecule has 1 fully saturated rings. The number of rotatable bonds is 2. The van der Waals surface area contributed by atoms with Crippen molar-refractivity contribution in [3.63, 3.8) is 0 Å². The number of aliphatic carboxylic acids is 1. The molecule has 0 aromatic heterocycles. The maximum atomic E-state index is 11.6. The Morgan fingerprint density at radius 1 is 1.38 bits per heavy atom. The molecule has 1 aliphatic rings. The normalized spacial score (nSPS) is 18.6. The molecule has 3 heteroatoms. The molecule has 16 heavy (non-hydrogen) atoms. The minimum Gasteiger partial charge on any atom is -0.481 e. The Bertz CT molecular complexity index is 420. The minimum absolute atomic E-state index is 0.662. The molecular formula is C13H15BrO2. The number of hydrogen-bond donors (Lipinski definition) is 1. The Morgan fingerprint density at radius 2 is 2.00 bits per heavy atom. The molecule has 0 saturated heterocycles. The third-order valence-electron chi connectivity index (χ3n) is 3.57. The van der Waals surface area contributed by atoms with Crippen molar-refractivity contribution in [1.82, 2.24) is 0 Å². The van der Waals surface area contributed by atoms with Gasteiger partial charge in [0.1, 0.15) is 0 Å². The average Bonchev–Trinajstić information content (AvgIpc) is 2.72. The summed E-state index contributed by atoms with van der Waals surface area (Å²) in [7, 11) is 0. The molecule has 0 aliphatic heterocycles. The van der Waals surface area contributed by atoms with Gasteiger partial charge in [0.05, 0.1) is 5.41 Å². The van der Waals surface area contributed by atoms with Gasteiger partial charge >= 0.3 is 5.97 Å². The van der Waals surface area contributed by atoms with Crippen LogP contribution in [0.5, 0.6) is 0 Å². The van der Waals surface area contributed by atoms with Gasteiger partial charge in [-0.15, -0.1) is 0 Å². The Hall–Kier alpha value is -0.830. The summed E-state index contributed by atoms with van der Waals surface area (Å²) in [5, 5.41) is 9.51. The van der Waals surface area contributed by atoms with Crippen molar-refractivity contribution in [1.29, 1.82) is 0 Å². The van der Waals surface area contributed by atoms with E-state index in [0.717, 1.165) is 41.3 Å². The second-order valence-corrected chi connectivity index (χ2v) is 5.32. The summed E-state index contributed by atoms with van der Waals surface area (Å²) in [5.41, 5.74) is 1.38. The van der Waals surface area contributed by atoms with Crippen molar-refractivity contribution in [2.45, 2.75) is 38.0 Å². The van der Waals surface area contributed by atoms with Crippen molar-refractivity contribution < 1.29 is 9.90 Å². The van der Waals surface area contributed by atoms with Crippen LogP contribution in [0, 0.1) is 6.92 Å². The third-order valence-corrected chi connectivity index (χ3v) is 4.63. The minimum atomic E-state index is -0.684. The van der Waals surface area contributed by atoms with Gasteiger partial charge < -0.3 is 5.11 Å². The first-order valence-corrected chi connectivity index (χ1v) is 6.36. The summed E-state index contributed by atoms with van der Waals surface area (Å²) in [4.78, 5) is 11.6. The highest BCUT2D eigenvalue weighted by Crippen LogP contribution is 2.44. The molecule has 0 unspecified atom stereocenters. The predicted octanol–water partition coefficient (Wildman–Crippen LogP) is 3.65. The molecule has 1 N–H and O–H groups in total. The fraction of sp³-hybridized carbons (Fsp3) is 0.462. The fourth-order valence-corrected chi connectivity index (χ4v) is 3.24. The van der Waals surface area contributed by atoms with Gasteiger partial charge in [-0.05, 0) is 30.9 Å². The second-order valence-electron chi connectivity index (χ2n) is 4.53. The van der Waals surface area contributed by atoms with E-state index in [0.29, 0.717) is 0 Å². The van der Waals surface area contributed by atoms with E-state index in [2.05, 4.69) is 15.9 Å². The van der Waals surface area contributed by atoms with Crippen molar-refractivity contribution in [3.8, 4) is 0 Å².